The van der Waals surface area contributed by atoms with Crippen LogP contribution in [0.4, 0.5) is 9.52 Å². The summed E-state index contributed by atoms with van der Waals surface area (Å²) in [5.74, 6) is -0.379. The number of thiazole rings is 1. The third-order valence-corrected chi connectivity index (χ3v) is 6.45. The van der Waals surface area contributed by atoms with Crippen molar-refractivity contribution in [1.29, 1.82) is 0 Å². The Morgan fingerprint density at radius 2 is 1.84 bits per heavy atom. The zero-order valence-electron chi connectivity index (χ0n) is 17.3. The van der Waals surface area contributed by atoms with Crippen LogP contribution in [-0.4, -0.2) is 53.4 Å². The molecule has 1 fully saturated rings. The molecule has 1 N–H and O–H groups in total. The number of halogens is 2. The Bertz CT molecular complexity index is 1050. The van der Waals surface area contributed by atoms with Crippen molar-refractivity contribution in [2.45, 2.75) is 13.5 Å². The van der Waals surface area contributed by atoms with Crippen molar-refractivity contribution in [2.75, 3.05) is 38.0 Å². The molecule has 2 aromatic carbocycles. The number of carbonyl (C=O) groups is 1. The van der Waals surface area contributed by atoms with Crippen LogP contribution in [-0.2, 0) is 11.3 Å². The van der Waals surface area contributed by atoms with Gasteiger partial charge in [-0.15, -0.1) is 11.3 Å². The van der Waals surface area contributed by atoms with Crippen molar-refractivity contribution in [3.8, 4) is 11.3 Å². The van der Waals surface area contributed by atoms with E-state index < -0.39 is 0 Å². The summed E-state index contributed by atoms with van der Waals surface area (Å²) < 4.78 is 13.2. The van der Waals surface area contributed by atoms with Gasteiger partial charge in [-0.05, 0) is 24.6 Å². The van der Waals surface area contributed by atoms with Crippen LogP contribution in [0.2, 0.25) is 5.02 Å². The fourth-order valence-corrected chi connectivity index (χ4v) is 4.51. The van der Waals surface area contributed by atoms with E-state index in [1.165, 1.54) is 29.0 Å². The molecule has 8 heteroatoms. The molecule has 1 aliphatic heterocycles. The molecule has 5 nitrogen and oxygen atoms in total. The second-order valence-corrected chi connectivity index (χ2v) is 9.01. The number of hydrogen-bond acceptors (Lipinski definition) is 5. The molecule has 1 aliphatic rings. The van der Waals surface area contributed by atoms with Gasteiger partial charge in [0.05, 0.1) is 12.2 Å². The molecule has 2 heterocycles. The average Bonchev–Trinajstić information content (AvgIpc) is 3.20. The predicted molar refractivity (Wildman–Crippen MR) is 124 cm³/mol. The molecule has 0 unspecified atom stereocenters. The Morgan fingerprint density at radius 3 is 2.55 bits per heavy atom. The van der Waals surface area contributed by atoms with E-state index in [9.17, 15) is 9.18 Å². The van der Waals surface area contributed by atoms with E-state index in [4.69, 9.17) is 11.6 Å². The quantitative estimate of drug-likeness (QED) is 0.583. The Morgan fingerprint density at radius 1 is 1.13 bits per heavy atom. The number of nitrogens with one attached hydrogen (secondary N) is 1. The van der Waals surface area contributed by atoms with E-state index in [2.05, 4.69) is 32.2 Å². The van der Waals surface area contributed by atoms with Gasteiger partial charge >= 0.3 is 0 Å². The zero-order valence-corrected chi connectivity index (χ0v) is 18.8. The topological polar surface area (TPSA) is 48.5 Å². The number of aromatic nitrogens is 1. The van der Waals surface area contributed by atoms with Gasteiger partial charge < -0.3 is 5.32 Å². The van der Waals surface area contributed by atoms with Gasteiger partial charge in [0.25, 0.3) is 0 Å². The van der Waals surface area contributed by atoms with E-state index in [1.807, 2.05) is 24.4 Å². The molecule has 0 saturated carbocycles. The minimum Gasteiger partial charge on any atom is -0.301 e. The van der Waals surface area contributed by atoms with Crippen LogP contribution < -0.4 is 5.32 Å². The number of rotatable bonds is 6. The maximum Gasteiger partial charge on any atom is 0.240 e. The number of hydrogen-bond donors (Lipinski definition) is 1. The molecule has 1 amide bonds. The molecule has 3 aromatic rings. The summed E-state index contributed by atoms with van der Waals surface area (Å²) in [5, 5.41) is 5.94. The van der Waals surface area contributed by atoms with Crippen LogP contribution >= 0.6 is 22.9 Å². The number of carbonyl (C=O) groups excluding carboxylic acids is 1. The van der Waals surface area contributed by atoms with E-state index >= 15 is 0 Å². The number of piperazine rings is 1. The first-order chi connectivity index (χ1) is 15.0. The van der Waals surface area contributed by atoms with Crippen molar-refractivity contribution in [1.82, 2.24) is 14.8 Å². The third kappa shape index (κ3) is 5.89. The van der Waals surface area contributed by atoms with Crippen LogP contribution in [0.1, 0.15) is 11.1 Å². The Balaban J connectivity index is 1.24. The SMILES string of the molecule is Cc1ccc(-c2csc(NC(=O)CN3CCN(Cc4ccc(F)cc4Cl)CC3)n2)cc1. The first-order valence-electron chi connectivity index (χ1n) is 10.2. The highest BCUT2D eigenvalue weighted by Crippen LogP contribution is 2.25. The summed E-state index contributed by atoms with van der Waals surface area (Å²) in [5.41, 5.74) is 4.03. The van der Waals surface area contributed by atoms with E-state index in [0.717, 1.165) is 43.0 Å². The lowest BCUT2D eigenvalue weighted by molar-refractivity contribution is -0.117. The van der Waals surface area contributed by atoms with Crippen LogP contribution in [0.25, 0.3) is 11.3 Å². The van der Waals surface area contributed by atoms with Gasteiger partial charge in [-0.1, -0.05) is 47.5 Å². The van der Waals surface area contributed by atoms with Gasteiger partial charge in [0.15, 0.2) is 5.13 Å². The number of aryl methyl sites for hydroxylation is 1. The first kappa shape index (κ1) is 21.9. The summed E-state index contributed by atoms with van der Waals surface area (Å²) in [6.07, 6.45) is 0. The van der Waals surface area contributed by atoms with Gasteiger partial charge in [0.1, 0.15) is 5.82 Å². The van der Waals surface area contributed by atoms with Gasteiger partial charge in [-0.3, -0.25) is 14.6 Å². The van der Waals surface area contributed by atoms with E-state index in [0.29, 0.717) is 23.2 Å². The molecule has 0 atom stereocenters. The minimum atomic E-state index is -0.323. The van der Waals surface area contributed by atoms with Crippen LogP contribution in [0.15, 0.2) is 47.8 Å². The van der Waals surface area contributed by atoms with Crippen molar-refractivity contribution < 1.29 is 9.18 Å². The molecule has 0 spiro atoms. The molecule has 31 heavy (non-hydrogen) atoms. The van der Waals surface area contributed by atoms with Crippen LogP contribution in [0, 0.1) is 12.7 Å². The monoisotopic (exact) mass is 458 g/mol. The molecular weight excluding hydrogens is 435 g/mol. The molecule has 0 aliphatic carbocycles. The number of anilines is 1. The normalized spacial score (nSPS) is 15.2. The van der Waals surface area contributed by atoms with Crippen molar-refractivity contribution >= 4 is 34.0 Å². The fourth-order valence-electron chi connectivity index (χ4n) is 3.55. The molecule has 162 valence electrons. The average molecular weight is 459 g/mol. The van der Waals surface area contributed by atoms with Crippen molar-refractivity contribution in [3.63, 3.8) is 0 Å². The summed E-state index contributed by atoms with van der Waals surface area (Å²) in [7, 11) is 0. The van der Waals surface area contributed by atoms with E-state index in [-0.39, 0.29) is 11.7 Å². The first-order valence-corrected chi connectivity index (χ1v) is 11.4. The summed E-state index contributed by atoms with van der Waals surface area (Å²) in [4.78, 5) is 21.4. The Labute approximate surface area is 190 Å². The third-order valence-electron chi connectivity index (χ3n) is 5.34. The highest BCUT2D eigenvalue weighted by molar-refractivity contribution is 7.14. The van der Waals surface area contributed by atoms with Gasteiger partial charge in [0, 0.05) is 48.7 Å². The zero-order chi connectivity index (χ0) is 21.8. The van der Waals surface area contributed by atoms with Crippen LogP contribution in [0.3, 0.4) is 0 Å². The lowest BCUT2D eigenvalue weighted by atomic mass is 10.1. The number of amides is 1. The molecule has 1 saturated heterocycles. The Hall–Kier alpha value is -2.32. The second-order valence-electron chi connectivity index (χ2n) is 7.74. The second kappa shape index (κ2) is 9.87. The number of nitrogens with zero attached hydrogens (tertiary/aromatic N) is 3. The fraction of sp³-hybridized carbons (Fsp3) is 0.304. The lowest BCUT2D eigenvalue weighted by Gasteiger charge is -2.34. The number of benzene rings is 2. The molecule has 0 radical (unpaired) electrons. The Kier molecular flexibility index (Phi) is 6.97. The van der Waals surface area contributed by atoms with Gasteiger partial charge in [-0.2, -0.15) is 0 Å². The highest BCUT2D eigenvalue weighted by atomic mass is 35.5. The summed E-state index contributed by atoms with van der Waals surface area (Å²) in [6.45, 7) is 6.31. The molecule has 1 aromatic heterocycles. The van der Waals surface area contributed by atoms with Crippen molar-refractivity contribution in [3.05, 3.63) is 69.8 Å². The van der Waals surface area contributed by atoms with Crippen LogP contribution in [0.5, 0.6) is 0 Å². The van der Waals surface area contributed by atoms with Gasteiger partial charge in [-0.25, -0.2) is 9.37 Å². The summed E-state index contributed by atoms with van der Waals surface area (Å²) in [6, 6.07) is 12.7. The van der Waals surface area contributed by atoms with Gasteiger partial charge in [0.2, 0.25) is 5.91 Å². The minimum absolute atomic E-state index is 0.0557. The standard InChI is InChI=1S/C23H24ClFN4OS/c1-16-2-4-17(5-3-16)21-15-31-23(26-21)27-22(30)14-29-10-8-28(9-11-29)13-18-6-7-19(25)12-20(18)24/h2-7,12,15H,8-11,13-14H2,1H3,(H,26,27,30). The van der Waals surface area contributed by atoms with Crippen molar-refractivity contribution in [2.24, 2.45) is 0 Å². The lowest BCUT2D eigenvalue weighted by Crippen LogP contribution is -2.48. The molecular formula is C23H24ClFN4OS. The predicted octanol–water partition coefficient (Wildman–Crippen LogP) is 4.67. The maximum absolute atomic E-state index is 13.2. The molecule has 0 bridgehead atoms. The smallest absolute Gasteiger partial charge is 0.240 e. The highest BCUT2D eigenvalue weighted by Gasteiger charge is 2.20. The summed E-state index contributed by atoms with van der Waals surface area (Å²) >= 11 is 7.57. The molecule has 4 rings (SSSR count). The maximum atomic E-state index is 13.2. The largest absolute Gasteiger partial charge is 0.301 e. The van der Waals surface area contributed by atoms with E-state index in [1.54, 1.807) is 6.07 Å².